The number of hydrogen-bond donors (Lipinski definition) is 0. The highest BCUT2D eigenvalue weighted by atomic mass is 14.8. The summed E-state index contributed by atoms with van der Waals surface area (Å²) in [6, 6.07) is 0. The Morgan fingerprint density at radius 2 is 1.58 bits per heavy atom. The van der Waals surface area contributed by atoms with Gasteiger partial charge in [-0.25, -0.2) is 0 Å². The summed E-state index contributed by atoms with van der Waals surface area (Å²) in [4.78, 5) is 0. The molecule has 7 unspecified atom stereocenters. The average Bonchev–Trinajstić information content (AvgIpc) is 3.47. The molecule has 0 amide bonds. The fourth-order valence-corrected chi connectivity index (χ4v) is 8.86. The zero-order chi connectivity index (χ0) is 17.3. The van der Waals surface area contributed by atoms with Crippen molar-refractivity contribution in [2.45, 2.75) is 92.9 Å². The SMILES string of the molecule is CCCC[C@H]1C(CC)C1C1C(C)C2(CC2C)[C@H]2CC2C1(CC)CC. The first-order chi connectivity index (χ1) is 11.5. The molecule has 9 atom stereocenters. The maximum absolute atomic E-state index is 2.71. The first kappa shape index (κ1) is 17.4. The van der Waals surface area contributed by atoms with Crippen LogP contribution in [0.1, 0.15) is 92.9 Å². The van der Waals surface area contributed by atoms with Crippen LogP contribution in [0.3, 0.4) is 0 Å². The summed E-state index contributed by atoms with van der Waals surface area (Å²) >= 11 is 0. The van der Waals surface area contributed by atoms with Crippen molar-refractivity contribution >= 4 is 0 Å². The maximum atomic E-state index is 2.71. The third-order valence-electron chi connectivity index (χ3n) is 10.2. The van der Waals surface area contributed by atoms with Crippen LogP contribution in [0, 0.1) is 58.2 Å². The first-order valence-electron chi connectivity index (χ1n) is 11.5. The van der Waals surface area contributed by atoms with Crippen molar-refractivity contribution in [1.29, 1.82) is 0 Å². The molecule has 0 bridgehead atoms. The van der Waals surface area contributed by atoms with Crippen LogP contribution in [0.4, 0.5) is 0 Å². The molecule has 0 nitrogen and oxygen atoms in total. The lowest BCUT2D eigenvalue weighted by Crippen LogP contribution is -2.47. The Bertz CT molecular complexity index is 474. The molecule has 0 saturated heterocycles. The molecule has 4 rings (SSSR count). The fourth-order valence-electron chi connectivity index (χ4n) is 8.86. The van der Waals surface area contributed by atoms with Crippen LogP contribution in [0.2, 0.25) is 0 Å². The van der Waals surface area contributed by atoms with Crippen molar-refractivity contribution in [2.24, 2.45) is 58.2 Å². The van der Waals surface area contributed by atoms with Gasteiger partial charge in [-0.05, 0) is 90.3 Å². The number of hydrogen-bond acceptors (Lipinski definition) is 0. The van der Waals surface area contributed by atoms with Crippen molar-refractivity contribution in [3.8, 4) is 0 Å². The van der Waals surface area contributed by atoms with E-state index in [1.165, 1.54) is 38.5 Å². The molecular weight excluding hydrogens is 288 g/mol. The Morgan fingerprint density at radius 3 is 2.08 bits per heavy atom. The normalized spacial score (nSPS) is 53.8. The summed E-state index contributed by atoms with van der Waals surface area (Å²) in [6.45, 7) is 15.2. The van der Waals surface area contributed by atoms with Crippen LogP contribution in [0.15, 0.2) is 0 Å². The van der Waals surface area contributed by atoms with Gasteiger partial charge in [0.2, 0.25) is 0 Å². The van der Waals surface area contributed by atoms with Gasteiger partial charge in [0.1, 0.15) is 0 Å². The van der Waals surface area contributed by atoms with Crippen molar-refractivity contribution < 1.29 is 0 Å². The summed E-state index contributed by atoms with van der Waals surface area (Å²) in [5, 5.41) is 0. The maximum Gasteiger partial charge on any atom is -0.0209 e. The minimum Gasteiger partial charge on any atom is -0.0654 e. The summed E-state index contributed by atoms with van der Waals surface area (Å²) in [6.07, 6.45) is 11.9. The van der Waals surface area contributed by atoms with E-state index in [0.717, 1.165) is 52.8 Å². The summed E-state index contributed by atoms with van der Waals surface area (Å²) < 4.78 is 0. The Balaban J connectivity index is 1.65. The van der Waals surface area contributed by atoms with Crippen molar-refractivity contribution in [1.82, 2.24) is 0 Å². The fraction of sp³-hybridized carbons (Fsp3) is 1.00. The van der Waals surface area contributed by atoms with Gasteiger partial charge in [-0.1, -0.05) is 60.8 Å². The van der Waals surface area contributed by atoms with E-state index < -0.39 is 0 Å². The molecule has 1 spiro atoms. The molecule has 0 aromatic carbocycles. The Hall–Kier alpha value is 0. The third-order valence-corrected chi connectivity index (χ3v) is 10.2. The van der Waals surface area contributed by atoms with Crippen LogP contribution in [-0.4, -0.2) is 0 Å². The molecule has 0 aromatic heterocycles. The Labute approximate surface area is 151 Å². The molecule has 4 aliphatic rings. The van der Waals surface area contributed by atoms with E-state index in [1.54, 1.807) is 12.8 Å². The first-order valence-corrected chi connectivity index (χ1v) is 11.5. The highest BCUT2D eigenvalue weighted by molar-refractivity contribution is 5.25. The standard InChI is InChI=1S/C24H42/c1-7-11-12-18-17(8-2)21(18)22-16(6)24(14-15(24)5)20-13-19(20)23(22,9-3)10-4/h15-22H,7-14H2,1-6H3/t15?,16?,17?,18-,19?,20-,21?,22?,24?/m0/s1. The van der Waals surface area contributed by atoms with Crippen LogP contribution in [0.5, 0.6) is 0 Å². The zero-order valence-electron chi connectivity index (χ0n) is 17.3. The topological polar surface area (TPSA) is 0 Å². The van der Waals surface area contributed by atoms with E-state index in [0.29, 0.717) is 5.41 Å². The van der Waals surface area contributed by atoms with E-state index in [4.69, 9.17) is 0 Å². The molecule has 138 valence electrons. The molecule has 0 radical (unpaired) electrons. The van der Waals surface area contributed by atoms with E-state index >= 15 is 0 Å². The zero-order valence-corrected chi connectivity index (χ0v) is 17.3. The smallest absolute Gasteiger partial charge is 0.0209 e. The molecule has 4 aliphatic carbocycles. The van der Waals surface area contributed by atoms with Gasteiger partial charge in [0.15, 0.2) is 0 Å². The van der Waals surface area contributed by atoms with Gasteiger partial charge >= 0.3 is 0 Å². The van der Waals surface area contributed by atoms with Gasteiger partial charge in [-0.3, -0.25) is 0 Å². The van der Waals surface area contributed by atoms with Crippen molar-refractivity contribution in [3.63, 3.8) is 0 Å². The lowest BCUT2D eigenvalue weighted by molar-refractivity contribution is -0.0429. The third kappa shape index (κ3) is 2.04. The molecule has 0 aliphatic heterocycles. The predicted molar refractivity (Wildman–Crippen MR) is 104 cm³/mol. The van der Waals surface area contributed by atoms with Gasteiger partial charge in [0.25, 0.3) is 0 Å². The molecule has 4 fully saturated rings. The quantitative estimate of drug-likeness (QED) is 0.463. The summed E-state index contributed by atoms with van der Waals surface area (Å²) in [5.41, 5.74) is 1.50. The highest BCUT2D eigenvalue weighted by Gasteiger charge is 2.77. The lowest BCUT2D eigenvalue weighted by Gasteiger charge is -2.52. The number of fused-ring (bicyclic) bond motifs is 2. The number of unbranched alkanes of at least 4 members (excludes halogenated alkanes) is 1. The molecule has 0 aromatic rings. The Morgan fingerprint density at radius 1 is 0.917 bits per heavy atom. The molecule has 0 heterocycles. The largest absolute Gasteiger partial charge is 0.0654 e. The van der Waals surface area contributed by atoms with Crippen molar-refractivity contribution in [3.05, 3.63) is 0 Å². The van der Waals surface area contributed by atoms with E-state index in [-0.39, 0.29) is 0 Å². The number of rotatable bonds is 7. The second-order valence-electron chi connectivity index (χ2n) is 10.4. The van der Waals surface area contributed by atoms with E-state index in [2.05, 4.69) is 41.5 Å². The van der Waals surface area contributed by atoms with Gasteiger partial charge in [0, 0.05) is 0 Å². The molecule has 4 saturated carbocycles. The van der Waals surface area contributed by atoms with Crippen LogP contribution < -0.4 is 0 Å². The minimum absolute atomic E-state index is 0.705. The second-order valence-corrected chi connectivity index (χ2v) is 10.4. The molecule has 0 N–H and O–H groups in total. The van der Waals surface area contributed by atoms with Gasteiger partial charge in [0.05, 0.1) is 0 Å². The van der Waals surface area contributed by atoms with Gasteiger partial charge in [-0.2, -0.15) is 0 Å². The second kappa shape index (κ2) is 5.75. The van der Waals surface area contributed by atoms with E-state index in [1.807, 2.05) is 0 Å². The monoisotopic (exact) mass is 330 g/mol. The lowest BCUT2D eigenvalue weighted by atomic mass is 9.52. The average molecular weight is 331 g/mol. The Kier molecular flexibility index (Phi) is 4.17. The van der Waals surface area contributed by atoms with Gasteiger partial charge < -0.3 is 0 Å². The van der Waals surface area contributed by atoms with Crippen LogP contribution in [0.25, 0.3) is 0 Å². The molecule has 0 heteroatoms. The van der Waals surface area contributed by atoms with Crippen LogP contribution in [-0.2, 0) is 0 Å². The highest BCUT2D eigenvalue weighted by Crippen LogP contribution is 2.83. The molecule has 24 heavy (non-hydrogen) atoms. The minimum atomic E-state index is 0.705. The van der Waals surface area contributed by atoms with Crippen molar-refractivity contribution in [2.75, 3.05) is 0 Å². The van der Waals surface area contributed by atoms with E-state index in [9.17, 15) is 0 Å². The van der Waals surface area contributed by atoms with Gasteiger partial charge in [-0.15, -0.1) is 0 Å². The molecular formula is C24H42. The summed E-state index contributed by atoms with van der Waals surface area (Å²) in [7, 11) is 0. The predicted octanol–water partition coefficient (Wildman–Crippen LogP) is 7.18. The van der Waals surface area contributed by atoms with Crippen LogP contribution >= 0.6 is 0 Å². The summed E-state index contributed by atoms with van der Waals surface area (Å²) in [5.74, 6) is 8.54.